The van der Waals surface area contributed by atoms with Gasteiger partial charge in [-0.25, -0.2) is 4.79 Å². The lowest BCUT2D eigenvalue weighted by atomic mass is 9.96. The van der Waals surface area contributed by atoms with E-state index in [2.05, 4.69) is 5.32 Å². The fourth-order valence-corrected chi connectivity index (χ4v) is 2.55. The minimum absolute atomic E-state index is 0.0797. The van der Waals surface area contributed by atoms with Crippen LogP contribution in [0.5, 0.6) is 0 Å². The van der Waals surface area contributed by atoms with Gasteiger partial charge in [-0.3, -0.25) is 14.9 Å². The molecule has 0 bridgehead atoms. The average molecular weight is 284 g/mol. The fourth-order valence-electron chi connectivity index (χ4n) is 1.84. The van der Waals surface area contributed by atoms with E-state index >= 15 is 0 Å². The van der Waals surface area contributed by atoms with E-state index in [1.807, 2.05) is 0 Å². The minimum atomic E-state index is -1.31. The van der Waals surface area contributed by atoms with Crippen LogP contribution in [0.3, 0.4) is 0 Å². The Bertz CT molecular complexity index is 551. The van der Waals surface area contributed by atoms with Crippen LogP contribution in [-0.2, 0) is 4.79 Å². The number of nitro groups is 1. The normalized spacial score (nSPS) is 17.5. The Hall–Kier alpha value is -1.96. The molecule has 2 N–H and O–H groups in total. The van der Waals surface area contributed by atoms with E-state index in [9.17, 15) is 24.8 Å². The Morgan fingerprint density at radius 2 is 2.16 bits per heavy atom. The molecule has 1 atom stereocenters. The van der Waals surface area contributed by atoms with Gasteiger partial charge in [0.1, 0.15) is 5.54 Å². The number of carbonyl (C=O) groups excluding carboxylic acids is 1. The number of amides is 1. The number of thiophene rings is 1. The third-order valence-corrected chi connectivity index (χ3v) is 4.24. The number of carbonyl (C=O) groups is 2. The summed E-state index contributed by atoms with van der Waals surface area (Å²) in [5.74, 6) is -1.76. The maximum absolute atomic E-state index is 11.9. The van der Waals surface area contributed by atoms with Crippen molar-refractivity contribution in [3.63, 3.8) is 0 Å². The average Bonchev–Trinajstić information content (AvgIpc) is 3.06. The molecule has 1 heterocycles. The number of hydrogen-bond donors (Lipinski definition) is 2. The van der Waals surface area contributed by atoms with Gasteiger partial charge in [-0.2, -0.15) is 0 Å². The predicted octanol–water partition coefficient (Wildman–Crippen LogP) is 1.64. The molecule has 2 rings (SSSR count). The van der Waals surface area contributed by atoms with Crippen LogP contribution in [-0.4, -0.2) is 27.4 Å². The minimum Gasteiger partial charge on any atom is -0.480 e. The fraction of sp³-hybridized carbons (Fsp3) is 0.455. The van der Waals surface area contributed by atoms with E-state index in [4.69, 9.17) is 0 Å². The summed E-state index contributed by atoms with van der Waals surface area (Å²) in [5.41, 5.74) is -1.31. The molecule has 1 aromatic rings. The van der Waals surface area contributed by atoms with E-state index in [0.717, 1.165) is 24.2 Å². The van der Waals surface area contributed by atoms with Crippen molar-refractivity contribution in [2.45, 2.75) is 25.3 Å². The van der Waals surface area contributed by atoms with Gasteiger partial charge in [-0.05, 0) is 31.7 Å². The van der Waals surface area contributed by atoms with Crippen molar-refractivity contribution in [1.82, 2.24) is 5.32 Å². The molecule has 0 aromatic carbocycles. The SMILES string of the molecule is CC(NC(=O)c1ccc([N+](=O)[O-])s1)(C(=O)O)C1CC1. The van der Waals surface area contributed by atoms with E-state index in [0.29, 0.717) is 0 Å². The topological polar surface area (TPSA) is 110 Å². The predicted molar refractivity (Wildman–Crippen MR) is 67.2 cm³/mol. The Morgan fingerprint density at radius 1 is 1.53 bits per heavy atom. The molecule has 1 unspecified atom stereocenters. The summed E-state index contributed by atoms with van der Waals surface area (Å²) >= 11 is 0.730. The lowest BCUT2D eigenvalue weighted by Gasteiger charge is -2.25. The van der Waals surface area contributed by atoms with Gasteiger partial charge in [0.25, 0.3) is 5.91 Å². The molecule has 0 aliphatic heterocycles. The monoisotopic (exact) mass is 284 g/mol. The van der Waals surface area contributed by atoms with Crippen LogP contribution in [0.1, 0.15) is 29.4 Å². The Morgan fingerprint density at radius 3 is 2.58 bits per heavy atom. The summed E-state index contributed by atoms with van der Waals surface area (Å²) in [4.78, 5) is 33.3. The number of hydrogen-bond acceptors (Lipinski definition) is 5. The molecular weight excluding hydrogens is 272 g/mol. The molecule has 1 fully saturated rings. The van der Waals surface area contributed by atoms with Crippen LogP contribution >= 0.6 is 11.3 Å². The zero-order valence-corrected chi connectivity index (χ0v) is 10.9. The van der Waals surface area contributed by atoms with Crippen molar-refractivity contribution < 1.29 is 19.6 Å². The van der Waals surface area contributed by atoms with Crippen molar-refractivity contribution in [1.29, 1.82) is 0 Å². The lowest BCUT2D eigenvalue weighted by Crippen LogP contribution is -2.53. The summed E-state index contributed by atoms with van der Waals surface area (Å²) in [6, 6.07) is 2.56. The maximum Gasteiger partial charge on any atom is 0.329 e. The van der Waals surface area contributed by atoms with Crippen molar-refractivity contribution in [2.24, 2.45) is 5.92 Å². The van der Waals surface area contributed by atoms with Crippen LogP contribution in [0.2, 0.25) is 0 Å². The zero-order chi connectivity index (χ0) is 14.2. The Kier molecular flexibility index (Phi) is 3.27. The molecule has 0 saturated heterocycles. The first kappa shape index (κ1) is 13.5. The summed E-state index contributed by atoms with van der Waals surface area (Å²) in [7, 11) is 0. The van der Waals surface area contributed by atoms with Gasteiger partial charge in [-0.15, -0.1) is 0 Å². The molecule has 7 nitrogen and oxygen atoms in total. The summed E-state index contributed by atoms with van der Waals surface area (Å²) in [6.07, 6.45) is 1.52. The number of carboxylic acid groups (broad SMARTS) is 1. The largest absolute Gasteiger partial charge is 0.480 e. The first-order valence-corrected chi connectivity index (χ1v) is 6.46. The van der Waals surface area contributed by atoms with Gasteiger partial charge < -0.3 is 10.4 Å². The second kappa shape index (κ2) is 4.61. The van der Waals surface area contributed by atoms with E-state index in [1.54, 1.807) is 0 Å². The van der Waals surface area contributed by atoms with Crippen molar-refractivity contribution in [2.75, 3.05) is 0 Å². The molecule has 8 heteroatoms. The van der Waals surface area contributed by atoms with Gasteiger partial charge in [0, 0.05) is 6.07 Å². The summed E-state index contributed by atoms with van der Waals surface area (Å²) in [5, 5.41) is 22.1. The zero-order valence-electron chi connectivity index (χ0n) is 10.1. The number of rotatable bonds is 5. The highest BCUT2D eigenvalue weighted by atomic mass is 32.1. The summed E-state index contributed by atoms with van der Waals surface area (Å²) in [6.45, 7) is 1.47. The van der Waals surface area contributed by atoms with Crippen LogP contribution in [0.15, 0.2) is 12.1 Å². The third kappa shape index (κ3) is 2.58. The molecule has 1 aliphatic rings. The molecule has 0 radical (unpaired) electrons. The molecular formula is C11H12N2O5S. The van der Waals surface area contributed by atoms with E-state index in [1.165, 1.54) is 19.1 Å². The number of nitrogens with one attached hydrogen (secondary N) is 1. The van der Waals surface area contributed by atoms with Crippen molar-refractivity contribution >= 4 is 28.2 Å². The second-order valence-corrected chi connectivity index (χ2v) is 5.69. The highest BCUT2D eigenvalue weighted by Crippen LogP contribution is 2.40. The first-order valence-electron chi connectivity index (χ1n) is 5.64. The standard InChI is InChI=1S/C11H12N2O5S/c1-11(10(15)16,6-2-3-6)12-9(14)7-4-5-8(19-7)13(17)18/h4-6H,2-3H2,1H3,(H,12,14)(H,15,16). The van der Waals surface area contributed by atoms with Crippen LogP contribution in [0.4, 0.5) is 5.00 Å². The van der Waals surface area contributed by atoms with Crippen molar-refractivity contribution in [3.05, 3.63) is 27.1 Å². The molecule has 1 aromatic heterocycles. The van der Waals surface area contributed by atoms with Crippen LogP contribution < -0.4 is 5.32 Å². The van der Waals surface area contributed by atoms with Crippen LogP contribution in [0, 0.1) is 16.0 Å². The first-order chi connectivity index (χ1) is 8.84. The molecule has 1 aliphatic carbocycles. The molecule has 102 valence electrons. The Balaban J connectivity index is 2.15. The number of aliphatic carboxylic acids is 1. The molecule has 1 amide bonds. The summed E-state index contributed by atoms with van der Waals surface area (Å²) < 4.78 is 0. The number of nitrogens with zero attached hydrogens (tertiary/aromatic N) is 1. The number of carboxylic acids is 1. The van der Waals surface area contributed by atoms with Gasteiger partial charge in [0.05, 0.1) is 9.80 Å². The van der Waals surface area contributed by atoms with Gasteiger partial charge in [0.15, 0.2) is 0 Å². The third-order valence-electron chi connectivity index (χ3n) is 3.21. The van der Waals surface area contributed by atoms with Crippen molar-refractivity contribution in [3.8, 4) is 0 Å². The molecule has 1 saturated carbocycles. The quantitative estimate of drug-likeness (QED) is 0.631. The van der Waals surface area contributed by atoms with E-state index in [-0.39, 0.29) is 15.8 Å². The van der Waals surface area contributed by atoms with E-state index < -0.39 is 22.3 Å². The highest BCUT2D eigenvalue weighted by molar-refractivity contribution is 7.17. The Labute approximate surface area is 112 Å². The lowest BCUT2D eigenvalue weighted by molar-refractivity contribution is -0.380. The second-order valence-electron chi connectivity index (χ2n) is 4.63. The molecule has 19 heavy (non-hydrogen) atoms. The van der Waals surface area contributed by atoms with Gasteiger partial charge in [-0.1, -0.05) is 11.3 Å². The van der Waals surface area contributed by atoms with Crippen LogP contribution in [0.25, 0.3) is 0 Å². The van der Waals surface area contributed by atoms with Gasteiger partial charge >= 0.3 is 11.0 Å². The van der Waals surface area contributed by atoms with Gasteiger partial charge in [0.2, 0.25) is 0 Å². The molecule has 0 spiro atoms. The highest BCUT2D eigenvalue weighted by Gasteiger charge is 2.48. The maximum atomic E-state index is 11.9. The smallest absolute Gasteiger partial charge is 0.329 e.